The van der Waals surface area contributed by atoms with Crippen LogP contribution in [0.15, 0.2) is 61.4 Å². The lowest BCUT2D eigenvalue weighted by Crippen LogP contribution is -2.20. The molecule has 0 saturated heterocycles. The maximum Gasteiger partial charge on any atom is 0.251 e. The number of nitrogens with one attached hydrogen (secondary N) is 2. The fourth-order valence-electron chi connectivity index (χ4n) is 3.48. The second-order valence-electron chi connectivity index (χ2n) is 7.78. The van der Waals surface area contributed by atoms with Gasteiger partial charge in [-0.3, -0.25) is 4.79 Å². The van der Waals surface area contributed by atoms with E-state index in [0.29, 0.717) is 40.8 Å². The number of amides is 1. The number of ether oxygens (including phenoxy) is 2. The molecule has 11 nitrogen and oxygen atoms in total. The standard InChI is InChI=1S/C25H24N8O3/c1-16(13-33-15-28-14-31-33)36-22-8-17(4-5-19(22)10-26)20-11-29-25(30-12-20)32-21-7-6-18(24(34)27-2)9-23(21)35-3/h4-9,11-12,14-16H,13H2,1-3H3,(H,27,34)(H,29,30,32). The van der Waals surface area contributed by atoms with Crippen molar-refractivity contribution in [1.29, 1.82) is 5.26 Å². The first kappa shape index (κ1) is 24.2. The Labute approximate surface area is 207 Å². The summed E-state index contributed by atoms with van der Waals surface area (Å²) in [4.78, 5) is 24.6. The first-order valence-corrected chi connectivity index (χ1v) is 11.0. The number of benzene rings is 2. The highest BCUT2D eigenvalue weighted by molar-refractivity contribution is 5.95. The predicted molar refractivity (Wildman–Crippen MR) is 132 cm³/mol. The zero-order valence-electron chi connectivity index (χ0n) is 20.0. The maximum absolute atomic E-state index is 11.9. The Balaban J connectivity index is 1.51. The molecule has 0 radical (unpaired) electrons. The van der Waals surface area contributed by atoms with Crippen LogP contribution in [0.3, 0.4) is 0 Å². The Kier molecular flexibility index (Phi) is 7.36. The van der Waals surface area contributed by atoms with Crippen molar-refractivity contribution in [2.75, 3.05) is 19.5 Å². The lowest BCUT2D eigenvalue weighted by molar-refractivity contribution is 0.0962. The van der Waals surface area contributed by atoms with Gasteiger partial charge in [-0.15, -0.1) is 0 Å². The number of hydrogen-bond acceptors (Lipinski definition) is 9. The number of nitriles is 1. The van der Waals surface area contributed by atoms with E-state index in [1.807, 2.05) is 13.0 Å². The third kappa shape index (κ3) is 5.56. The molecule has 4 aromatic rings. The Hall–Kier alpha value is -4.98. The number of aromatic nitrogens is 5. The molecule has 0 aliphatic carbocycles. The highest BCUT2D eigenvalue weighted by Gasteiger charge is 2.13. The van der Waals surface area contributed by atoms with Crippen LogP contribution < -0.4 is 20.1 Å². The third-order valence-corrected chi connectivity index (χ3v) is 5.26. The van der Waals surface area contributed by atoms with Crippen molar-refractivity contribution in [3.8, 4) is 28.7 Å². The Bertz CT molecular complexity index is 1380. The normalized spacial score (nSPS) is 11.3. The molecule has 11 heteroatoms. The van der Waals surface area contributed by atoms with Gasteiger partial charge in [-0.2, -0.15) is 10.4 Å². The molecule has 4 rings (SSSR count). The van der Waals surface area contributed by atoms with Crippen LogP contribution in [0.25, 0.3) is 11.1 Å². The molecule has 0 aliphatic rings. The van der Waals surface area contributed by atoms with Crippen LogP contribution in [0, 0.1) is 11.3 Å². The molecule has 0 bridgehead atoms. The van der Waals surface area contributed by atoms with Crippen LogP contribution in [0.1, 0.15) is 22.8 Å². The van der Waals surface area contributed by atoms with E-state index in [4.69, 9.17) is 9.47 Å². The third-order valence-electron chi connectivity index (χ3n) is 5.26. The highest BCUT2D eigenvalue weighted by Crippen LogP contribution is 2.30. The molecule has 182 valence electrons. The summed E-state index contributed by atoms with van der Waals surface area (Å²) in [5.41, 5.74) is 3.08. The van der Waals surface area contributed by atoms with Crippen molar-refractivity contribution in [3.63, 3.8) is 0 Å². The largest absolute Gasteiger partial charge is 0.495 e. The molecule has 2 N–H and O–H groups in total. The van der Waals surface area contributed by atoms with Gasteiger partial charge in [0.1, 0.15) is 36.3 Å². The fraction of sp³-hybridized carbons (Fsp3) is 0.200. The predicted octanol–water partition coefficient (Wildman–Crippen LogP) is 3.19. The minimum absolute atomic E-state index is 0.209. The molecule has 1 unspecified atom stereocenters. The molecule has 36 heavy (non-hydrogen) atoms. The molecule has 1 amide bonds. The number of hydrogen-bond donors (Lipinski definition) is 2. The maximum atomic E-state index is 11.9. The monoisotopic (exact) mass is 484 g/mol. The lowest BCUT2D eigenvalue weighted by atomic mass is 10.1. The summed E-state index contributed by atoms with van der Waals surface area (Å²) in [5, 5.41) is 19.3. The topological polar surface area (TPSA) is 140 Å². The zero-order valence-corrected chi connectivity index (χ0v) is 20.0. The summed E-state index contributed by atoms with van der Waals surface area (Å²) in [6.07, 6.45) is 6.18. The molecular weight excluding hydrogens is 460 g/mol. The van der Waals surface area contributed by atoms with E-state index < -0.39 is 0 Å². The summed E-state index contributed by atoms with van der Waals surface area (Å²) in [5.74, 6) is 1.10. The Morgan fingerprint density at radius 1 is 1.14 bits per heavy atom. The average Bonchev–Trinajstić information content (AvgIpc) is 3.41. The molecular formula is C25H24N8O3. The number of carbonyl (C=O) groups is 1. The van der Waals surface area contributed by atoms with Crippen molar-refractivity contribution in [2.45, 2.75) is 19.6 Å². The minimum atomic E-state index is -0.235. The SMILES string of the molecule is CNC(=O)c1ccc(Nc2ncc(-c3ccc(C#N)c(OC(C)Cn4cncn4)c3)cn2)c(OC)c1. The average molecular weight is 485 g/mol. The van der Waals surface area contributed by atoms with E-state index in [1.54, 1.807) is 60.8 Å². The van der Waals surface area contributed by atoms with Crippen molar-refractivity contribution in [2.24, 2.45) is 0 Å². The van der Waals surface area contributed by atoms with Gasteiger partial charge >= 0.3 is 0 Å². The first-order valence-electron chi connectivity index (χ1n) is 11.0. The van der Waals surface area contributed by atoms with Gasteiger partial charge in [0.15, 0.2) is 0 Å². The molecule has 2 aromatic carbocycles. The van der Waals surface area contributed by atoms with Gasteiger partial charge in [-0.05, 0) is 42.8 Å². The van der Waals surface area contributed by atoms with Gasteiger partial charge in [0.25, 0.3) is 5.91 Å². The van der Waals surface area contributed by atoms with Gasteiger partial charge in [0.05, 0.1) is 24.9 Å². The number of carbonyl (C=O) groups excluding carboxylic acids is 1. The Morgan fingerprint density at radius 2 is 1.94 bits per heavy atom. The second kappa shape index (κ2) is 11.0. The van der Waals surface area contributed by atoms with Crippen LogP contribution in [0.4, 0.5) is 11.6 Å². The Morgan fingerprint density at radius 3 is 2.61 bits per heavy atom. The molecule has 0 spiro atoms. The van der Waals surface area contributed by atoms with Crippen molar-refractivity contribution >= 4 is 17.5 Å². The summed E-state index contributed by atoms with van der Waals surface area (Å²) in [6, 6.07) is 12.5. The molecule has 2 aromatic heterocycles. The molecule has 0 aliphatic heterocycles. The summed E-state index contributed by atoms with van der Waals surface area (Å²) >= 11 is 0. The van der Waals surface area contributed by atoms with E-state index in [9.17, 15) is 10.1 Å². The van der Waals surface area contributed by atoms with Crippen LogP contribution in [0.5, 0.6) is 11.5 Å². The van der Waals surface area contributed by atoms with Crippen LogP contribution in [-0.4, -0.2) is 50.9 Å². The van der Waals surface area contributed by atoms with Gasteiger partial charge in [-0.1, -0.05) is 6.07 Å². The summed E-state index contributed by atoms with van der Waals surface area (Å²) < 4.78 is 13.1. The van der Waals surface area contributed by atoms with Crippen molar-refractivity contribution in [3.05, 3.63) is 72.6 Å². The molecule has 0 saturated carbocycles. The van der Waals surface area contributed by atoms with Gasteiger partial charge in [-0.25, -0.2) is 19.6 Å². The van der Waals surface area contributed by atoms with Crippen LogP contribution in [0.2, 0.25) is 0 Å². The van der Waals surface area contributed by atoms with E-state index in [2.05, 4.69) is 36.8 Å². The zero-order chi connectivity index (χ0) is 25.5. The van der Waals surface area contributed by atoms with Gasteiger partial charge < -0.3 is 20.1 Å². The quantitative estimate of drug-likeness (QED) is 0.366. The first-order chi connectivity index (χ1) is 17.5. The number of anilines is 2. The van der Waals surface area contributed by atoms with Gasteiger partial charge in [0.2, 0.25) is 5.95 Å². The van der Waals surface area contributed by atoms with Crippen molar-refractivity contribution in [1.82, 2.24) is 30.0 Å². The van der Waals surface area contributed by atoms with Crippen LogP contribution in [-0.2, 0) is 6.54 Å². The van der Waals surface area contributed by atoms with E-state index >= 15 is 0 Å². The minimum Gasteiger partial charge on any atom is -0.495 e. The molecule has 0 fully saturated rings. The fourth-order valence-corrected chi connectivity index (χ4v) is 3.48. The smallest absolute Gasteiger partial charge is 0.251 e. The summed E-state index contributed by atoms with van der Waals surface area (Å²) in [7, 11) is 3.09. The molecule has 2 heterocycles. The lowest BCUT2D eigenvalue weighted by Gasteiger charge is -2.16. The summed E-state index contributed by atoms with van der Waals surface area (Å²) in [6.45, 7) is 2.39. The molecule has 1 atom stereocenters. The highest BCUT2D eigenvalue weighted by atomic mass is 16.5. The second-order valence-corrected chi connectivity index (χ2v) is 7.78. The van der Waals surface area contributed by atoms with Crippen molar-refractivity contribution < 1.29 is 14.3 Å². The van der Waals surface area contributed by atoms with E-state index in [0.717, 1.165) is 11.1 Å². The van der Waals surface area contributed by atoms with E-state index in [1.165, 1.54) is 13.4 Å². The van der Waals surface area contributed by atoms with Crippen LogP contribution >= 0.6 is 0 Å². The number of methoxy groups -OCH3 is 1. The van der Waals surface area contributed by atoms with E-state index in [-0.39, 0.29) is 12.0 Å². The van der Waals surface area contributed by atoms with Gasteiger partial charge in [0, 0.05) is 30.6 Å². The number of nitrogens with zero attached hydrogens (tertiary/aromatic N) is 6. The number of rotatable bonds is 9.